The summed E-state index contributed by atoms with van der Waals surface area (Å²) in [7, 11) is 0. The number of ether oxygens (including phenoxy) is 2. The van der Waals surface area contributed by atoms with Crippen LogP contribution in [0.15, 0.2) is 22.7 Å². The van der Waals surface area contributed by atoms with Crippen molar-refractivity contribution < 1.29 is 9.47 Å². The predicted octanol–water partition coefficient (Wildman–Crippen LogP) is 2.90. The molecule has 0 aliphatic carbocycles. The molecule has 3 nitrogen and oxygen atoms in total. The topological polar surface area (TPSA) is 44.5 Å². The summed E-state index contributed by atoms with van der Waals surface area (Å²) in [5, 5.41) is 0. The highest BCUT2D eigenvalue weighted by atomic mass is 79.9. The average molecular weight is 314 g/mol. The molecule has 1 fully saturated rings. The SMILES string of the molecule is CCC(N)Cc1cc(Br)ccc1OC1CCOC1. The minimum absolute atomic E-state index is 0.182. The minimum Gasteiger partial charge on any atom is -0.488 e. The van der Waals surface area contributed by atoms with Crippen LogP contribution in [-0.2, 0) is 11.2 Å². The monoisotopic (exact) mass is 313 g/mol. The Hall–Kier alpha value is -0.580. The van der Waals surface area contributed by atoms with Crippen molar-refractivity contribution >= 4 is 15.9 Å². The van der Waals surface area contributed by atoms with E-state index in [0.717, 1.165) is 36.1 Å². The highest BCUT2D eigenvalue weighted by molar-refractivity contribution is 9.10. The van der Waals surface area contributed by atoms with Crippen molar-refractivity contribution in [3.8, 4) is 5.75 Å². The molecule has 1 aliphatic heterocycles. The Balaban J connectivity index is 2.11. The fourth-order valence-corrected chi connectivity index (χ4v) is 2.44. The quantitative estimate of drug-likeness (QED) is 0.909. The Morgan fingerprint density at radius 3 is 3.06 bits per heavy atom. The molecule has 4 heteroatoms. The largest absolute Gasteiger partial charge is 0.488 e. The molecule has 2 atom stereocenters. The van der Waals surface area contributed by atoms with Crippen molar-refractivity contribution in [3.05, 3.63) is 28.2 Å². The fraction of sp³-hybridized carbons (Fsp3) is 0.571. The van der Waals surface area contributed by atoms with Crippen LogP contribution in [0.3, 0.4) is 0 Å². The predicted molar refractivity (Wildman–Crippen MR) is 76.0 cm³/mol. The number of hydrogen-bond donors (Lipinski definition) is 1. The van der Waals surface area contributed by atoms with Crippen LogP contribution in [0.1, 0.15) is 25.3 Å². The maximum Gasteiger partial charge on any atom is 0.124 e. The molecule has 18 heavy (non-hydrogen) atoms. The lowest BCUT2D eigenvalue weighted by molar-refractivity contribution is 0.140. The summed E-state index contributed by atoms with van der Waals surface area (Å²) < 4.78 is 12.4. The van der Waals surface area contributed by atoms with Crippen LogP contribution in [0.4, 0.5) is 0 Å². The van der Waals surface area contributed by atoms with Gasteiger partial charge in [0.05, 0.1) is 13.2 Å². The van der Waals surface area contributed by atoms with E-state index in [9.17, 15) is 0 Å². The Morgan fingerprint density at radius 2 is 2.39 bits per heavy atom. The van der Waals surface area contributed by atoms with Crippen LogP contribution in [0.5, 0.6) is 5.75 Å². The van der Waals surface area contributed by atoms with E-state index in [1.165, 1.54) is 5.56 Å². The first-order chi connectivity index (χ1) is 8.69. The highest BCUT2D eigenvalue weighted by Crippen LogP contribution is 2.27. The molecule has 2 N–H and O–H groups in total. The van der Waals surface area contributed by atoms with Gasteiger partial charge >= 0.3 is 0 Å². The number of nitrogens with two attached hydrogens (primary N) is 1. The van der Waals surface area contributed by atoms with Crippen LogP contribution < -0.4 is 10.5 Å². The van der Waals surface area contributed by atoms with Gasteiger partial charge in [0.25, 0.3) is 0 Å². The number of halogens is 1. The molecule has 2 unspecified atom stereocenters. The molecule has 1 heterocycles. The molecule has 1 saturated heterocycles. The molecule has 0 saturated carbocycles. The fourth-order valence-electron chi connectivity index (χ4n) is 2.03. The van der Waals surface area contributed by atoms with Crippen LogP contribution in [0, 0.1) is 0 Å². The van der Waals surface area contributed by atoms with Crippen LogP contribution >= 0.6 is 15.9 Å². The molecule has 100 valence electrons. The molecule has 1 aromatic carbocycles. The molecule has 1 aliphatic rings. The third kappa shape index (κ3) is 3.70. The molecule has 0 radical (unpaired) electrons. The Labute approximate surface area is 117 Å². The van der Waals surface area contributed by atoms with E-state index >= 15 is 0 Å². The van der Waals surface area contributed by atoms with Crippen molar-refractivity contribution in [1.82, 2.24) is 0 Å². The van der Waals surface area contributed by atoms with Crippen molar-refractivity contribution in [3.63, 3.8) is 0 Å². The van der Waals surface area contributed by atoms with Gasteiger partial charge in [-0.25, -0.2) is 0 Å². The summed E-state index contributed by atoms with van der Waals surface area (Å²) in [5.41, 5.74) is 7.21. The lowest BCUT2D eigenvalue weighted by atomic mass is 10.0. The second-order valence-corrected chi connectivity index (χ2v) is 5.64. The van der Waals surface area contributed by atoms with Crippen molar-refractivity contribution in [2.75, 3.05) is 13.2 Å². The second kappa shape index (κ2) is 6.55. The molecule has 1 aromatic rings. The van der Waals surface area contributed by atoms with Gasteiger partial charge < -0.3 is 15.2 Å². The van der Waals surface area contributed by atoms with Crippen LogP contribution in [0.25, 0.3) is 0 Å². The normalized spacial score (nSPS) is 20.9. The Bertz CT molecular complexity index is 391. The first-order valence-electron chi connectivity index (χ1n) is 6.47. The Morgan fingerprint density at radius 1 is 1.56 bits per heavy atom. The van der Waals surface area contributed by atoms with Crippen molar-refractivity contribution in [2.45, 2.75) is 38.3 Å². The maximum atomic E-state index is 6.04. The molecule has 0 amide bonds. The van der Waals surface area contributed by atoms with Gasteiger partial charge in [-0.3, -0.25) is 0 Å². The lowest BCUT2D eigenvalue weighted by Gasteiger charge is -2.17. The van der Waals surface area contributed by atoms with Crippen LogP contribution in [0.2, 0.25) is 0 Å². The number of benzene rings is 1. The van der Waals surface area contributed by atoms with Gasteiger partial charge in [-0.1, -0.05) is 22.9 Å². The molecule has 2 rings (SSSR count). The van der Waals surface area contributed by atoms with E-state index in [0.29, 0.717) is 6.61 Å². The number of hydrogen-bond acceptors (Lipinski definition) is 3. The summed E-state index contributed by atoms with van der Waals surface area (Å²) in [4.78, 5) is 0. The van der Waals surface area contributed by atoms with E-state index < -0.39 is 0 Å². The average Bonchev–Trinajstić information content (AvgIpc) is 2.85. The van der Waals surface area contributed by atoms with Gasteiger partial charge in [-0.2, -0.15) is 0 Å². The molecule has 0 spiro atoms. The summed E-state index contributed by atoms with van der Waals surface area (Å²) in [6.45, 7) is 3.59. The highest BCUT2D eigenvalue weighted by Gasteiger charge is 2.19. The standard InChI is InChI=1S/C14H20BrNO2/c1-2-12(16)8-10-7-11(15)3-4-14(10)18-13-5-6-17-9-13/h3-4,7,12-13H,2,5-6,8-9,16H2,1H3. The van der Waals surface area contributed by atoms with Gasteiger partial charge in [0.15, 0.2) is 0 Å². The first-order valence-corrected chi connectivity index (χ1v) is 7.26. The zero-order valence-electron chi connectivity index (χ0n) is 10.7. The minimum atomic E-state index is 0.182. The van der Waals surface area contributed by atoms with E-state index in [2.05, 4.69) is 28.9 Å². The summed E-state index contributed by atoms with van der Waals surface area (Å²) in [6, 6.07) is 6.30. The van der Waals surface area contributed by atoms with Gasteiger partial charge in [0.2, 0.25) is 0 Å². The van der Waals surface area contributed by atoms with Gasteiger partial charge in [0, 0.05) is 16.9 Å². The van der Waals surface area contributed by atoms with Gasteiger partial charge in [0.1, 0.15) is 11.9 Å². The number of rotatable bonds is 5. The smallest absolute Gasteiger partial charge is 0.124 e. The lowest BCUT2D eigenvalue weighted by Crippen LogP contribution is -2.23. The van der Waals surface area contributed by atoms with Gasteiger partial charge in [-0.05, 0) is 36.6 Å². The summed E-state index contributed by atoms with van der Waals surface area (Å²) in [5.74, 6) is 0.942. The second-order valence-electron chi connectivity index (χ2n) is 4.73. The van der Waals surface area contributed by atoms with Crippen LogP contribution in [-0.4, -0.2) is 25.4 Å². The zero-order chi connectivity index (χ0) is 13.0. The van der Waals surface area contributed by atoms with Crippen molar-refractivity contribution in [2.24, 2.45) is 5.73 Å². The zero-order valence-corrected chi connectivity index (χ0v) is 12.3. The van der Waals surface area contributed by atoms with E-state index in [4.69, 9.17) is 15.2 Å². The molecular formula is C14H20BrNO2. The third-order valence-corrected chi connectivity index (χ3v) is 3.70. The first kappa shape index (κ1) is 13.8. The molecular weight excluding hydrogens is 294 g/mol. The Kier molecular flexibility index (Phi) is 5.03. The van der Waals surface area contributed by atoms with E-state index in [1.807, 2.05) is 12.1 Å². The summed E-state index contributed by atoms with van der Waals surface area (Å²) >= 11 is 3.50. The van der Waals surface area contributed by atoms with Gasteiger partial charge in [-0.15, -0.1) is 0 Å². The third-order valence-electron chi connectivity index (χ3n) is 3.21. The molecule has 0 aromatic heterocycles. The van der Waals surface area contributed by atoms with E-state index in [-0.39, 0.29) is 12.1 Å². The maximum absolute atomic E-state index is 6.04. The van der Waals surface area contributed by atoms with Crippen molar-refractivity contribution in [1.29, 1.82) is 0 Å². The van der Waals surface area contributed by atoms with E-state index in [1.54, 1.807) is 0 Å². The molecule has 0 bridgehead atoms. The summed E-state index contributed by atoms with van der Waals surface area (Å²) in [6.07, 6.45) is 2.97.